The monoisotopic (exact) mass is 430 g/mol. The third-order valence-electron chi connectivity index (χ3n) is 3.14. The number of hydrogen-bond acceptors (Lipinski definition) is 5. The number of esters is 1. The molecule has 0 heterocycles. The number of ether oxygens (including phenoxy) is 1. The first kappa shape index (κ1) is 21.5. The lowest BCUT2D eigenvalue weighted by Gasteiger charge is -2.14. The molecule has 2 N–H and O–H groups in total. The van der Waals surface area contributed by atoms with E-state index in [1.807, 2.05) is 26.0 Å². The van der Waals surface area contributed by atoms with Crippen LogP contribution in [0.25, 0.3) is 0 Å². The summed E-state index contributed by atoms with van der Waals surface area (Å²) >= 11 is 4.81. The number of imide groups is 1. The van der Waals surface area contributed by atoms with Crippen molar-refractivity contribution in [3.63, 3.8) is 0 Å². The van der Waals surface area contributed by atoms with Crippen LogP contribution in [0.5, 0.6) is 0 Å². The third kappa shape index (κ3) is 7.48. The highest BCUT2D eigenvalue weighted by molar-refractivity contribution is 9.10. The molecule has 0 aliphatic carbocycles. The summed E-state index contributed by atoms with van der Waals surface area (Å²) in [7, 11) is 0. The van der Waals surface area contributed by atoms with Gasteiger partial charge in [0.25, 0.3) is 5.91 Å². The zero-order valence-electron chi connectivity index (χ0n) is 14.9. The number of hydrogen-bond donors (Lipinski definition) is 2. The van der Waals surface area contributed by atoms with Crippen molar-refractivity contribution in [1.29, 1.82) is 0 Å². The second-order valence-electron chi connectivity index (χ2n) is 5.91. The van der Waals surface area contributed by atoms with Gasteiger partial charge in [-0.3, -0.25) is 14.9 Å². The van der Waals surface area contributed by atoms with Crippen molar-refractivity contribution >= 4 is 45.6 Å². The van der Waals surface area contributed by atoms with Gasteiger partial charge in [-0.05, 0) is 57.9 Å². The number of halogens is 1. The lowest BCUT2D eigenvalue weighted by atomic mass is 10.2. The van der Waals surface area contributed by atoms with Crippen LogP contribution in [0.2, 0.25) is 0 Å². The molecule has 1 unspecified atom stereocenters. The van der Waals surface area contributed by atoms with Crippen LogP contribution < -0.4 is 10.6 Å². The van der Waals surface area contributed by atoms with Gasteiger partial charge in [0.1, 0.15) is 0 Å². The Morgan fingerprint density at radius 1 is 1.16 bits per heavy atom. The highest BCUT2D eigenvalue weighted by Gasteiger charge is 2.20. The van der Waals surface area contributed by atoms with Crippen LogP contribution in [-0.4, -0.2) is 35.8 Å². The van der Waals surface area contributed by atoms with E-state index in [1.54, 1.807) is 13.8 Å². The molecule has 8 heteroatoms. The molecule has 0 radical (unpaired) electrons. The molecule has 1 rings (SSSR count). The number of thioether (sulfide) groups is 1. The highest BCUT2D eigenvalue weighted by Crippen LogP contribution is 2.28. The molecule has 0 aliphatic heterocycles. The average molecular weight is 431 g/mol. The van der Waals surface area contributed by atoms with E-state index in [0.29, 0.717) is 0 Å². The second-order valence-corrected chi connectivity index (χ2v) is 7.78. The minimum atomic E-state index is -1.04. The van der Waals surface area contributed by atoms with Crippen molar-refractivity contribution in [3.8, 4) is 0 Å². The molecule has 0 saturated heterocycles. The summed E-state index contributed by atoms with van der Waals surface area (Å²) in [4.78, 5) is 36.2. The summed E-state index contributed by atoms with van der Waals surface area (Å²) in [6.45, 7) is 8.91. The van der Waals surface area contributed by atoms with E-state index in [2.05, 4.69) is 26.6 Å². The topological polar surface area (TPSA) is 84.5 Å². The van der Waals surface area contributed by atoms with Crippen molar-refractivity contribution in [2.75, 3.05) is 5.75 Å². The van der Waals surface area contributed by atoms with E-state index in [0.717, 1.165) is 20.5 Å². The molecule has 0 fully saturated rings. The smallest absolute Gasteiger partial charge is 0.321 e. The van der Waals surface area contributed by atoms with Crippen LogP contribution in [0.4, 0.5) is 4.79 Å². The fourth-order valence-corrected chi connectivity index (χ4v) is 3.19. The molecule has 25 heavy (non-hydrogen) atoms. The Balaban J connectivity index is 2.49. The van der Waals surface area contributed by atoms with Gasteiger partial charge in [0.05, 0.1) is 5.75 Å². The van der Waals surface area contributed by atoms with Crippen molar-refractivity contribution < 1.29 is 19.1 Å². The van der Waals surface area contributed by atoms with E-state index in [-0.39, 0.29) is 11.8 Å². The Morgan fingerprint density at radius 3 is 2.40 bits per heavy atom. The molecule has 1 atom stereocenters. The Labute approximate surface area is 160 Å². The molecular weight excluding hydrogens is 408 g/mol. The molecule has 0 saturated carbocycles. The molecule has 6 nitrogen and oxygen atoms in total. The number of benzene rings is 1. The average Bonchev–Trinajstić information content (AvgIpc) is 2.48. The summed E-state index contributed by atoms with van der Waals surface area (Å²) in [5.41, 5.74) is 2.12. The summed E-state index contributed by atoms with van der Waals surface area (Å²) < 4.78 is 6.09. The number of rotatable bonds is 6. The van der Waals surface area contributed by atoms with E-state index >= 15 is 0 Å². The highest BCUT2D eigenvalue weighted by atomic mass is 79.9. The maximum absolute atomic E-state index is 11.9. The maximum atomic E-state index is 11.9. The first-order valence-corrected chi connectivity index (χ1v) is 9.58. The van der Waals surface area contributed by atoms with Gasteiger partial charge >= 0.3 is 12.0 Å². The summed E-state index contributed by atoms with van der Waals surface area (Å²) in [6, 6.07) is 3.27. The molecule has 0 spiro atoms. The van der Waals surface area contributed by atoms with Gasteiger partial charge in [-0.1, -0.05) is 15.9 Å². The summed E-state index contributed by atoms with van der Waals surface area (Å²) in [5.74, 6) is -1.10. The predicted molar refractivity (Wildman–Crippen MR) is 102 cm³/mol. The van der Waals surface area contributed by atoms with E-state index in [4.69, 9.17) is 4.74 Å². The van der Waals surface area contributed by atoms with Crippen LogP contribution >= 0.6 is 27.7 Å². The van der Waals surface area contributed by atoms with Crippen molar-refractivity contribution in [2.45, 2.75) is 51.7 Å². The number of amides is 3. The second kappa shape index (κ2) is 9.82. The van der Waals surface area contributed by atoms with Gasteiger partial charge < -0.3 is 10.1 Å². The van der Waals surface area contributed by atoms with Crippen LogP contribution in [0, 0.1) is 13.8 Å². The predicted octanol–water partition coefficient (Wildman–Crippen LogP) is 3.32. The fraction of sp³-hybridized carbons (Fsp3) is 0.471. The lowest BCUT2D eigenvalue weighted by Crippen LogP contribution is -2.46. The Bertz CT molecular complexity index is 664. The first-order valence-electron chi connectivity index (χ1n) is 7.80. The number of urea groups is 1. The Kier molecular flexibility index (Phi) is 8.44. The number of aryl methyl sites for hydroxylation is 2. The number of nitrogens with one attached hydrogen (secondary N) is 2. The van der Waals surface area contributed by atoms with Crippen LogP contribution in [0.15, 0.2) is 21.5 Å². The van der Waals surface area contributed by atoms with Crippen molar-refractivity contribution in [1.82, 2.24) is 10.6 Å². The molecular formula is C17H23BrN2O4S. The summed E-state index contributed by atoms with van der Waals surface area (Å²) in [6.07, 6.45) is -1.04. The normalized spacial score (nSPS) is 11.8. The molecule has 1 aromatic carbocycles. The Hall–Kier alpha value is -1.54. The van der Waals surface area contributed by atoms with Gasteiger partial charge in [0.2, 0.25) is 0 Å². The van der Waals surface area contributed by atoms with E-state index in [9.17, 15) is 14.4 Å². The standard InChI is InChI=1S/C17H23BrN2O4S/c1-9(2)19-17(23)20-16(22)12(5)24-15(21)8-25-14-7-10(3)13(18)6-11(14)4/h6-7,9,12H,8H2,1-5H3,(H2,19,20,22,23). The van der Waals surface area contributed by atoms with Crippen LogP contribution in [-0.2, 0) is 14.3 Å². The maximum Gasteiger partial charge on any atom is 0.321 e. The SMILES string of the molecule is Cc1cc(SCC(=O)OC(C)C(=O)NC(=O)NC(C)C)c(C)cc1Br. The molecule has 0 aromatic heterocycles. The van der Waals surface area contributed by atoms with Gasteiger partial charge in [-0.15, -0.1) is 11.8 Å². The largest absolute Gasteiger partial charge is 0.452 e. The van der Waals surface area contributed by atoms with Crippen molar-refractivity contribution in [3.05, 3.63) is 27.7 Å². The van der Waals surface area contributed by atoms with Crippen molar-refractivity contribution in [2.24, 2.45) is 0 Å². The Morgan fingerprint density at radius 2 is 1.80 bits per heavy atom. The molecule has 3 amide bonds. The van der Waals surface area contributed by atoms with Gasteiger partial charge in [-0.25, -0.2) is 4.79 Å². The zero-order valence-corrected chi connectivity index (χ0v) is 17.3. The summed E-state index contributed by atoms with van der Waals surface area (Å²) in [5, 5.41) is 4.66. The molecule has 0 aliphatic rings. The molecule has 0 bridgehead atoms. The van der Waals surface area contributed by atoms with Gasteiger partial charge in [0, 0.05) is 15.4 Å². The number of carbonyl (C=O) groups is 3. The zero-order chi connectivity index (χ0) is 19.1. The quantitative estimate of drug-likeness (QED) is 0.533. The van der Waals surface area contributed by atoms with Crippen LogP contribution in [0.1, 0.15) is 31.9 Å². The third-order valence-corrected chi connectivity index (χ3v) is 5.12. The minimum absolute atomic E-state index is 0.0811. The van der Waals surface area contributed by atoms with E-state index < -0.39 is 24.0 Å². The minimum Gasteiger partial charge on any atom is -0.452 e. The molecule has 138 valence electrons. The fourth-order valence-electron chi connectivity index (χ4n) is 1.84. The number of carbonyl (C=O) groups excluding carboxylic acids is 3. The van der Waals surface area contributed by atoms with E-state index in [1.165, 1.54) is 18.7 Å². The molecule has 1 aromatic rings. The lowest BCUT2D eigenvalue weighted by molar-refractivity contribution is -0.151. The van der Waals surface area contributed by atoms with Crippen LogP contribution in [0.3, 0.4) is 0 Å². The van der Waals surface area contributed by atoms with Gasteiger partial charge in [0.15, 0.2) is 6.10 Å². The first-order chi connectivity index (χ1) is 11.6. The van der Waals surface area contributed by atoms with Gasteiger partial charge in [-0.2, -0.15) is 0 Å².